The van der Waals surface area contributed by atoms with Gasteiger partial charge in [0.15, 0.2) is 0 Å². The van der Waals surface area contributed by atoms with Crippen LogP contribution in [0.3, 0.4) is 0 Å². The summed E-state index contributed by atoms with van der Waals surface area (Å²) in [5.41, 5.74) is 2.18. The third-order valence-electron chi connectivity index (χ3n) is 6.53. The van der Waals surface area contributed by atoms with E-state index < -0.39 is 16.8 Å². The van der Waals surface area contributed by atoms with Gasteiger partial charge in [-0.1, -0.05) is 12.1 Å². The molecule has 0 bridgehead atoms. The Bertz CT molecular complexity index is 1420. The normalized spacial score (nSPS) is 14.3. The largest absolute Gasteiger partial charge is 0.368 e. The van der Waals surface area contributed by atoms with Gasteiger partial charge in [-0.3, -0.25) is 28.1 Å². The van der Waals surface area contributed by atoms with Crippen molar-refractivity contribution >= 4 is 22.6 Å². The molecular weight excluding hydrogens is 410 g/mol. The predicted molar refractivity (Wildman–Crippen MR) is 124 cm³/mol. The minimum absolute atomic E-state index is 0.0412. The number of carbonyl (C=O) groups excluding carboxylic acids is 1. The van der Waals surface area contributed by atoms with E-state index >= 15 is 0 Å². The highest BCUT2D eigenvalue weighted by molar-refractivity contribution is 6.05. The molecule has 0 atom stereocenters. The summed E-state index contributed by atoms with van der Waals surface area (Å²) in [5.74, 6) is -0.371. The van der Waals surface area contributed by atoms with Gasteiger partial charge in [0, 0.05) is 59.1 Å². The highest BCUT2D eigenvalue weighted by Gasteiger charge is 2.27. The van der Waals surface area contributed by atoms with Crippen LogP contribution in [-0.2, 0) is 21.1 Å². The number of rotatable bonds is 2. The van der Waals surface area contributed by atoms with Crippen molar-refractivity contribution in [3.63, 3.8) is 0 Å². The molecule has 1 aliphatic heterocycles. The number of benzene rings is 1. The summed E-state index contributed by atoms with van der Waals surface area (Å²) >= 11 is 0. The summed E-state index contributed by atoms with van der Waals surface area (Å²) < 4.78 is 3.42. The lowest BCUT2D eigenvalue weighted by Gasteiger charge is -2.37. The van der Waals surface area contributed by atoms with E-state index in [1.807, 2.05) is 6.07 Å². The Kier molecular flexibility index (Phi) is 5.28. The lowest BCUT2D eigenvalue weighted by molar-refractivity contribution is 0.0748. The number of amides is 1. The Labute approximate surface area is 184 Å². The molecule has 1 saturated heterocycles. The maximum Gasteiger partial charge on any atom is 0.332 e. The SMILES string of the molecule is Cc1cccc(N2CCN(C(=O)c3cc(=O)n(C)c4c3c(=O)n(C)c(=O)n4C)CC2)c1C. The molecule has 0 aliphatic carbocycles. The van der Waals surface area contributed by atoms with Crippen LogP contribution in [0, 0.1) is 13.8 Å². The number of pyridine rings is 1. The van der Waals surface area contributed by atoms with Crippen molar-refractivity contribution in [3.05, 3.63) is 72.1 Å². The van der Waals surface area contributed by atoms with Crippen molar-refractivity contribution in [3.8, 4) is 0 Å². The Morgan fingerprint density at radius 2 is 1.53 bits per heavy atom. The number of hydrogen-bond acceptors (Lipinski definition) is 5. The third kappa shape index (κ3) is 3.24. The first kappa shape index (κ1) is 21.6. The molecule has 1 amide bonds. The number of anilines is 1. The van der Waals surface area contributed by atoms with Crippen LogP contribution >= 0.6 is 0 Å². The van der Waals surface area contributed by atoms with Gasteiger partial charge in [0.25, 0.3) is 17.0 Å². The molecule has 9 heteroatoms. The van der Waals surface area contributed by atoms with Gasteiger partial charge < -0.3 is 9.80 Å². The van der Waals surface area contributed by atoms with Crippen LogP contribution in [0.2, 0.25) is 0 Å². The molecule has 1 fully saturated rings. The summed E-state index contributed by atoms with van der Waals surface area (Å²) in [6.07, 6.45) is 0. The molecule has 0 saturated carbocycles. The fraction of sp³-hybridized carbons (Fsp3) is 0.391. The average molecular weight is 438 g/mol. The van der Waals surface area contributed by atoms with Gasteiger partial charge in [0.05, 0.1) is 10.9 Å². The molecule has 32 heavy (non-hydrogen) atoms. The van der Waals surface area contributed by atoms with E-state index in [9.17, 15) is 19.2 Å². The van der Waals surface area contributed by atoms with Gasteiger partial charge in [-0.05, 0) is 31.0 Å². The van der Waals surface area contributed by atoms with Crippen LogP contribution in [0.25, 0.3) is 11.0 Å². The van der Waals surface area contributed by atoms with E-state index in [1.54, 1.807) is 4.90 Å². The molecule has 9 nitrogen and oxygen atoms in total. The van der Waals surface area contributed by atoms with E-state index in [2.05, 4.69) is 30.9 Å². The second kappa shape index (κ2) is 7.81. The second-order valence-corrected chi connectivity index (χ2v) is 8.36. The van der Waals surface area contributed by atoms with E-state index in [0.29, 0.717) is 26.2 Å². The Morgan fingerprint density at radius 1 is 0.875 bits per heavy atom. The molecule has 1 aromatic carbocycles. The fourth-order valence-electron chi connectivity index (χ4n) is 4.43. The highest BCUT2D eigenvalue weighted by Crippen LogP contribution is 2.24. The van der Waals surface area contributed by atoms with Crippen molar-refractivity contribution in [2.24, 2.45) is 21.1 Å². The van der Waals surface area contributed by atoms with E-state index in [0.717, 1.165) is 10.3 Å². The number of fused-ring (bicyclic) bond motifs is 1. The smallest absolute Gasteiger partial charge is 0.332 e. The van der Waals surface area contributed by atoms with E-state index in [1.165, 1.54) is 47.5 Å². The summed E-state index contributed by atoms with van der Waals surface area (Å²) in [7, 11) is 4.34. The Balaban J connectivity index is 1.72. The van der Waals surface area contributed by atoms with Crippen LogP contribution in [-0.4, -0.2) is 50.7 Å². The van der Waals surface area contributed by atoms with E-state index in [-0.39, 0.29) is 22.5 Å². The number of aryl methyl sites for hydroxylation is 3. The van der Waals surface area contributed by atoms with Crippen molar-refractivity contribution in [1.29, 1.82) is 0 Å². The van der Waals surface area contributed by atoms with Gasteiger partial charge in [-0.2, -0.15) is 0 Å². The zero-order valence-corrected chi connectivity index (χ0v) is 19.0. The fourth-order valence-corrected chi connectivity index (χ4v) is 4.43. The zero-order chi connectivity index (χ0) is 23.3. The maximum absolute atomic E-state index is 13.4. The molecule has 0 radical (unpaired) electrons. The summed E-state index contributed by atoms with van der Waals surface area (Å²) in [4.78, 5) is 55.2. The number of piperazine rings is 1. The van der Waals surface area contributed by atoms with Gasteiger partial charge in [0.2, 0.25) is 0 Å². The average Bonchev–Trinajstić information content (AvgIpc) is 2.79. The molecule has 2 aromatic heterocycles. The minimum Gasteiger partial charge on any atom is -0.368 e. The van der Waals surface area contributed by atoms with E-state index in [4.69, 9.17) is 0 Å². The van der Waals surface area contributed by atoms with Crippen molar-refractivity contribution in [1.82, 2.24) is 18.6 Å². The quantitative estimate of drug-likeness (QED) is 0.583. The molecule has 0 unspecified atom stereocenters. The standard InChI is InChI=1S/C23H27N5O4/c1-14-7-6-8-17(15(14)2)27-9-11-28(12-10-27)21(30)16-13-18(29)24(3)20-19(16)22(31)26(5)23(32)25(20)4/h6-8,13H,9-12H2,1-5H3. The Morgan fingerprint density at radius 3 is 2.19 bits per heavy atom. The van der Waals surface area contributed by atoms with Gasteiger partial charge >= 0.3 is 5.69 Å². The number of nitrogens with zero attached hydrogens (tertiary/aromatic N) is 5. The zero-order valence-electron chi connectivity index (χ0n) is 19.0. The molecular formula is C23H27N5O4. The lowest BCUT2D eigenvalue weighted by Crippen LogP contribution is -2.49. The topological polar surface area (TPSA) is 89.6 Å². The third-order valence-corrected chi connectivity index (χ3v) is 6.53. The van der Waals surface area contributed by atoms with Gasteiger partial charge in [0.1, 0.15) is 5.65 Å². The summed E-state index contributed by atoms with van der Waals surface area (Å²) in [6.45, 7) is 6.40. The first-order valence-electron chi connectivity index (χ1n) is 10.5. The minimum atomic E-state index is -0.587. The molecule has 3 heterocycles. The maximum atomic E-state index is 13.4. The summed E-state index contributed by atoms with van der Waals surface area (Å²) in [6, 6.07) is 7.39. The monoisotopic (exact) mass is 437 g/mol. The predicted octanol–water partition coefficient (Wildman–Crippen LogP) is 0.515. The number of aromatic nitrogens is 3. The van der Waals surface area contributed by atoms with Crippen LogP contribution in [0.15, 0.2) is 38.6 Å². The van der Waals surface area contributed by atoms with Gasteiger partial charge in [-0.25, -0.2) is 4.79 Å². The first-order valence-corrected chi connectivity index (χ1v) is 10.5. The highest BCUT2D eigenvalue weighted by atomic mass is 16.2. The van der Waals surface area contributed by atoms with Crippen LogP contribution in [0.5, 0.6) is 0 Å². The molecule has 3 aromatic rings. The van der Waals surface area contributed by atoms with Crippen molar-refractivity contribution in [2.45, 2.75) is 13.8 Å². The molecule has 4 rings (SSSR count). The number of carbonyl (C=O) groups is 1. The second-order valence-electron chi connectivity index (χ2n) is 8.36. The van der Waals surface area contributed by atoms with Crippen LogP contribution in [0.1, 0.15) is 21.5 Å². The summed E-state index contributed by atoms with van der Waals surface area (Å²) in [5, 5.41) is 0.0821. The van der Waals surface area contributed by atoms with Crippen LogP contribution in [0.4, 0.5) is 5.69 Å². The van der Waals surface area contributed by atoms with Crippen molar-refractivity contribution in [2.75, 3.05) is 31.1 Å². The first-order chi connectivity index (χ1) is 15.1. The lowest BCUT2D eigenvalue weighted by atomic mass is 10.1. The number of hydrogen-bond donors (Lipinski definition) is 0. The van der Waals surface area contributed by atoms with Gasteiger partial charge in [-0.15, -0.1) is 0 Å². The van der Waals surface area contributed by atoms with Crippen molar-refractivity contribution < 1.29 is 4.79 Å². The van der Waals surface area contributed by atoms with Crippen LogP contribution < -0.4 is 21.7 Å². The Hall–Kier alpha value is -3.62. The molecule has 1 aliphatic rings. The molecule has 0 spiro atoms. The molecule has 168 valence electrons. The molecule has 0 N–H and O–H groups in total.